The number of nitrogens with zero attached hydrogens (tertiary/aromatic N) is 4. The predicted octanol–water partition coefficient (Wildman–Crippen LogP) is 2.58. The number of hydrogen-bond donors (Lipinski definition) is 1. The molecule has 0 radical (unpaired) electrons. The minimum atomic E-state index is -0.770. The fourth-order valence-corrected chi connectivity index (χ4v) is 3.55. The van der Waals surface area contributed by atoms with Crippen molar-refractivity contribution in [2.45, 2.75) is 20.1 Å². The van der Waals surface area contributed by atoms with Crippen LogP contribution in [0.15, 0.2) is 42.6 Å². The molecule has 0 saturated carbocycles. The van der Waals surface area contributed by atoms with E-state index in [1.54, 1.807) is 36.7 Å². The number of carbonyl (C=O) groups excluding carboxylic acids is 1. The number of aromatic nitrogens is 3. The van der Waals surface area contributed by atoms with Crippen molar-refractivity contribution in [3.05, 3.63) is 42.6 Å². The highest BCUT2D eigenvalue weighted by atomic mass is 16.8. The Kier molecular flexibility index (Phi) is 7.59. The van der Waals surface area contributed by atoms with Crippen LogP contribution in [-0.2, 0) is 9.47 Å². The Morgan fingerprint density at radius 2 is 1.94 bits per heavy atom. The number of piperazine rings is 1. The van der Waals surface area contributed by atoms with Gasteiger partial charge in [0.1, 0.15) is 12.4 Å². The summed E-state index contributed by atoms with van der Waals surface area (Å²) in [5.41, 5.74) is 2.48. The Morgan fingerprint density at radius 1 is 1.15 bits per heavy atom. The number of ether oxygens (including phenoxy) is 4. The zero-order valence-electron chi connectivity index (χ0n) is 18.9. The first-order chi connectivity index (χ1) is 16.1. The van der Waals surface area contributed by atoms with Crippen LogP contribution in [0.2, 0.25) is 0 Å². The van der Waals surface area contributed by atoms with E-state index in [1.165, 1.54) is 0 Å². The first kappa shape index (κ1) is 22.8. The number of imidazole rings is 1. The van der Waals surface area contributed by atoms with Crippen LogP contribution in [0.5, 0.6) is 11.6 Å². The summed E-state index contributed by atoms with van der Waals surface area (Å²) in [5, 5.41) is 7.96. The summed E-state index contributed by atoms with van der Waals surface area (Å²) in [6.45, 7) is 9.15. The molecule has 1 N–H and O–H groups in total. The number of hydrogen-bond acceptors (Lipinski definition) is 9. The van der Waals surface area contributed by atoms with E-state index in [-0.39, 0.29) is 6.61 Å². The van der Waals surface area contributed by atoms with E-state index < -0.39 is 12.4 Å². The van der Waals surface area contributed by atoms with Crippen LogP contribution >= 0.6 is 0 Å². The summed E-state index contributed by atoms with van der Waals surface area (Å²) in [7, 11) is 0. The fourth-order valence-electron chi connectivity index (χ4n) is 3.55. The molecule has 1 saturated heterocycles. The molecule has 176 valence electrons. The molecule has 0 spiro atoms. The van der Waals surface area contributed by atoms with Crippen LogP contribution in [-0.4, -0.2) is 77.9 Å². The van der Waals surface area contributed by atoms with Crippen LogP contribution < -0.4 is 14.8 Å². The molecule has 10 heteroatoms. The molecule has 3 aromatic rings. The predicted molar refractivity (Wildman–Crippen MR) is 121 cm³/mol. The molecule has 1 aromatic carbocycles. The zero-order chi connectivity index (χ0) is 23.0. The van der Waals surface area contributed by atoms with E-state index in [0.717, 1.165) is 49.6 Å². The summed E-state index contributed by atoms with van der Waals surface area (Å²) < 4.78 is 23.0. The molecule has 10 nitrogen and oxygen atoms in total. The first-order valence-electron chi connectivity index (χ1n) is 11.1. The Hall–Kier alpha value is -3.37. The minimum absolute atomic E-state index is 0.247. The number of nitrogens with one attached hydrogen (secondary N) is 1. The zero-order valence-corrected chi connectivity index (χ0v) is 18.9. The van der Waals surface area contributed by atoms with Gasteiger partial charge in [0, 0.05) is 51.3 Å². The molecule has 0 bridgehead atoms. The first-order valence-corrected chi connectivity index (χ1v) is 11.1. The van der Waals surface area contributed by atoms with Crippen LogP contribution in [0.3, 0.4) is 0 Å². The average molecular weight is 456 g/mol. The molecular formula is C23H29N5O5. The highest BCUT2D eigenvalue weighted by molar-refractivity contribution is 5.64. The summed E-state index contributed by atoms with van der Waals surface area (Å²) in [6, 6.07) is 11.1. The van der Waals surface area contributed by atoms with E-state index >= 15 is 0 Å². The monoisotopic (exact) mass is 455 g/mol. The molecule has 4 rings (SSSR count). The largest absolute Gasteiger partial charge is 0.511 e. The Balaban J connectivity index is 1.39. The van der Waals surface area contributed by atoms with Crippen molar-refractivity contribution in [3.63, 3.8) is 0 Å². The number of fused-ring (bicyclic) bond motifs is 1. The van der Waals surface area contributed by atoms with Gasteiger partial charge in [-0.1, -0.05) is 0 Å². The second-order valence-electron chi connectivity index (χ2n) is 7.54. The lowest BCUT2D eigenvalue weighted by Gasteiger charge is -2.26. The van der Waals surface area contributed by atoms with Gasteiger partial charge in [-0.25, -0.2) is 14.3 Å². The molecule has 1 aliphatic rings. The Bertz CT molecular complexity index is 1050. The van der Waals surface area contributed by atoms with E-state index in [2.05, 4.69) is 20.3 Å². The molecule has 1 atom stereocenters. The lowest BCUT2D eigenvalue weighted by atomic mass is 10.1. The van der Waals surface area contributed by atoms with Gasteiger partial charge >= 0.3 is 6.16 Å². The van der Waals surface area contributed by atoms with Gasteiger partial charge in [-0.2, -0.15) is 0 Å². The van der Waals surface area contributed by atoms with Crippen molar-refractivity contribution in [2.24, 2.45) is 0 Å². The molecule has 33 heavy (non-hydrogen) atoms. The van der Waals surface area contributed by atoms with Crippen LogP contribution in [0.1, 0.15) is 13.8 Å². The van der Waals surface area contributed by atoms with Gasteiger partial charge in [-0.3, -0.25) is 4.90 Å². The standard InChI is InChI=1S/C23H29N5O5/c1-3-30-23(29)33-17(2)32-19-6-4-18(5-7-19)20-16-25-21-8-9-22(26-28(20)21)31-15-14-27-12-10-24-11-13-27/h4-9,16-17,24H,3,10-15H2,1-2H3. The molecule has 0 aliphatic carbocycles. The van der Waals surface area contributed by atoms with Gasteiger partial charge in [0.15, 0.2) is 5.65 Å². The maximum atomic E-state index is 11.4. The Morgan fingerprint density at radius 3 is 2.70 bits per heavy atom. The summed E-state index contributed by atoms with van der Waals surface area (Å²) >= 11 is 0. The van der Waals surface area contributed by atoms with Crippen molar-refractivity contribution in [1.29, 1.82) is 0 Å². The van der Waals surface area contributed by atoms with E-state index in [1.807, 2.05) is 24.3 Å². The number of carbonyl (C=O) groups is 1. The molecule has 3 heterocycles. The summed E-state index contributed by atoms with van der Waals surface area (Å²) in [5.74, 6) is 1.12. The highest BCUT2D eigenvalue weighted by Gasteiger charge is 2.13. The SMILES string of the molecule is CCOC(=O)OC(C)Oc1ccc(-c2cnc3ccc(OCCN4CCNCC4)nn23)cc1. The average Bonchev–Trinajstić information content (AvgIpc) is 3.24. The fraction of sp³-hybridized carbons (Fsp3) is 0.435. The minimum Gasteiger partial charge on any atom is -0.475 e. The third-order valence-corrected chi connectivity index (χ3v) is 5.18. The van der Waals surface area contributed by atoms with E-state index in [4.69, 9.17) is 18.9 Å². The maximum Gasteiger partial charge on any atom is 0.511 e. The van der Waals surface area contributed by atoms with Crippen molar-refractivity contribution in [1.82, 2.24) is 24.8 Å². The number of rotatable bonds is 9. The quantitative estimate of drug-likeness (QED) is 0.385. The van der Waals surface area contributed by atoms with Crippen molar-refractivity contribution in [2.75, 3.05) is 45.9 Å². The molecule has 2 aromatic heterocycles. The van der Waals surface area contributed by atoms with Crippen LogP contribution in [0.4, 0.5) is 4.79 Å². The van der Waals surface area contributed by atoms with E-state index in [0.29, 0.717) is 18.2 Å². The maximum absolute atomic E-state index is 11.4. The molecular weight excluding hydrogens is 426 g/mol. The molecule has 1 aliphatic heterocycles. The summed E-state index contributed by atoms with van der Waals surface area (Å²) in [4.78, 5) is 18.2. The van der Waals surface area contributed by atoms with Crippen LogP contribution in [0, 0.1) is 0 Å². The van der Waals surface area contributed by atoms with Gasteiger partial charge in [0.25, 0.3) is 0 Å². The van der Waals surface area contributed by atoms with E-state index in [9.17, 15) is 4.79 Å². The van der Waals surface area contributed by atoms with Crippen molar-refractivity contribution < 1.29 is 23.7 Å². The lowest BCUT2D eigenvalue weighted by molar-refractivity contribution is -0.0518. The van der Waals surface area contributed by atoms with Gasteiger partial charge in [-0.05, 0) is 37.3 Å². The normalized spacial score (nSPS) is 15.2. The van der Waals surface area contributed by atoms with Crippen molar-refractivity contribution >= 4 is 11.8 Å². The van der Waals surface area contributed by atoms with Gasteiger partial charge < -0.3 is 24.3 Å². The van der Waals surface area contributed by atoms with Crippen LogP contribution in [0.25, 0.3) is 16.9 Å². The van der Waals surface area contributed by atoms with Gasteiger partial charge in [0.05, 0.1) is 18.5 Å². The number of benzene rings is 1. The third kappa shape index (κ3) is 6.11. The smallest absolute Gasteiger partial charge is 0.475 e. The summed E-state index contributed by atoms with van der Waals surface area (Å²) in [6.07, 6.45) is 0.243. The second kappa shape index (κ2) is 11.0. The van der Waals surface area contributed by atoms with Gasteiger partial charge in [0.2, 0.25) is 12.2 Å². The Labute approximate surface area is 192 Å². The third-order valence-electron chi connectivity index (χ3n) is 5.18. The molecule has 1 unspecified atom stereocenters. The lowest BCUT2D eigenvalue weighted by Crippen LogP contribution is -2.44. The highest BCUT2D eigenvalue weighted by Crippen LogP contribution is 2.24. The molecule has 0 amide bonds. The van der Waals surface area contributed by atoms with Crippen molar-refractivity contribution in [3.8, 4) is 22.9 Å². The van der Waals surface area contributed by atoms with Gasteiger partial charge in [-0.15, -0.1) is 5.10 Å². The second-order valence-corrected chi connectivity index (χ2v) is 7.54. The molecule has 1 fully saturated rings. The topological polar surface area (TPSA) is 99.5 Å².